The van der Waals surface area contributed by atoms with Gasteiger partial charge in [0.2, 0.25) is 0 Å². The predicted octanol–water partition coefficient (Wildman–Crippen LogP) is 6.06. The Morgan fingerprint density at radius 1 is 1.17 bits per heavy atom. The number of hydrogen-bond donors (Lipinski definition) is 1. The van der Waals surface area contributed by atoms with Gasteiger partial charge in [-0.1, -0.05) is 45.2 Å². The normalized spacial score (nSPS) is 10.6. The lowest BCUT2D eigenvalue weighted by molar-refractivity contribution is 0.102. The van der Waals surface area contributed by atoms with E-state index in [9.17, 15) is 4.79 Å². The molecule has 1 amide bonds. The fraction of sp³-hybridized carbons (Fsp3) is 0.0588. The highest BCUT2D eigenvalue weighted by molar-refractivity contribution is 9.10. The second kappa shape index (κ2) is 7.66. The molecule has 24 heavy (non-hydrogen) atoms. The maximum Gasteiger partial charge on any atom is 0.257 e. The molecule has 0 fully saturated rings. The van der Waals surface area contributed by atoms with Crippen LogP contribution in [0, 0.1) is 0 Å². The second-order valence-electron chi connectivity index (χ2n) is 5.01. The van der Waals surface area contributed by atoms with Gasteiger partial charge in [-0.25, -0.2) is 4.98 Å². The molecule has 0 aliphatic rings. The van der Waals surface area contributed by atoms with Gasteiger partial charge >= 0.3 is 0 Å². The van der Waals surface area contributed by atoms with Gasteiger partial charge in [-0.2, -0.15) is 0 Å². The molecule has 0 atom stereocenters. The average molecular weight is 442 g/mol. The molecule has 3 rings (SSSR count). The number of amides is 1. The number of rotatable bonds is 4. The van der Waals surface area contributed by atoms with E-state index in [0.717, 1.165) is 14.9 Å². The summed E-state index contributed by atoms with van der Waals surface area (Å²) in [4.78, 5) is 17.4. The maximum atomic E-state index is 12.2. The average Bonchev–Trinajstić information content (AvgIpc) is 2.98. The van der Waals surface area contributed by atoms with Gasteiger partial charge in [-0.05, 0) is 42.0 Å². The molecule has 0 spiro atoms. The Bertz CT molecular complexity index is 881. The van der Waals surface area contributed by atoms with Crippen molar-refractivity contribution in [2.24, 2.45) is 0 Å². The monoisotopic (exact) mass is 440 g/mol. The molecular weight excluding hydrogens is 431 g/mol. The van der Waals surface area contributed by atoms with Crippen LogP contribution >= 0.6 is 50.5 Å². The van der Waals surface area contributed by atoms with Gasteiger partial charge in [0, 0.05) is 37.6 Å². The highest BCUT2D eigenvalue weighted by Gasteiger charge is 2.10. The minimum atomic E-state index is -0.187. The third-order valence-electron chi connectivity index (χ3n) is 3.26. The SMILES string of the molecule is O=C(Nc1ncc(Cc2ccc(Cl)cc2Cl)s1)c1ccc(Br)cc1. The number of carbonyl (C=O) groups is 1. The molecule has 0 aliphatic heterocycles. The summed E-state index contributed by atoms with van der Waals surface area (Å²) in [7, 11) is 0. The van der Waals surface area contributed by atoms with E-state index in [-0.39, 0.29) is 5.91 Å². The van der Waals surface area contributed by atoms with Crippen molar-refractivity contribution >= 4 is 61.5 Å². The number of nitrogens with zero attached hydrogens (tertiary/aromatic N) is 1. The Morgan fingerprint density at radius 2 is 1.92 bits per heavy atom. The molecule has 1 N–H and O–H groups in total. The molecule has 1 heterocycles. The van der Waals surface area contributed by atoms with Crippen molar-refractivity contribution in [2.75, 3.05) is 5.32 Å². The first-order chi connectivity index (χ1) is 11.5. The molecule has 0 unspecified atom stereocenters. The van der Waals surface area contributed by atoms with E-state index < -0.39 is 0 Å². The lowest BCUT2D eigenvalue weighted by Gasteiger charge is -2.03. The van der Waals surface area contributed by atoms with Crippen LogP contribution in [0.1, 0.15) is 20.8 Å². The molecule has 3 aromatic rings. The van der Waals surface area contributed by atoms with Gasteiger partial charge < -0.3 is 0 Å². The smallest absolute Gasteiger partial charge is 0.257 e. The van der Waals surface area contributed by atoms with Crippen molar-refractivity contribution < 1.29 is 4.79 Å². The number of halogens is 3. The van der Waals surface area contributed by atoms with E-state index in [1.807, 2.05) is 18.2 Å². The zero-order valence-electron chi connectivity index (χ0n) is 12.2. The van der Waals surface area contributed by atoms with Crippen LogP contribution in [0.5, 0.6) is 0 Å². The topological polar surface area (TPSA) is 42.0 Å². The van der Waals surface area contributed by atoms with E-state index >= 15 is 0 Å². The third kappa shape index (κ3) is 4.36. The van der Waals surface area contributed by atoms with Gasteiger partial charge in [0.1, 0.15) is 0 Å². The molecule has 2 aromatic carbocycles. The van der Waals surface area contributed by atoms with Crippen molar-refractivity contribution in [1.82, 2.24) is 4.98 Å². The summed E-state index contributed by atoms with van der Waals surface area (Å²) in [6.45, 7) is 0. The molecule has 3 nitrogen and oxygen atoms in total. The van der Waals surface area contributed by atoms with Crippen molar-refractivity contribution in [3.05, 3.63) is 79.2 Å². The van der Waals surface area contributed by atoms with Crippen molar-refractivity contribution in [3.63, 3.8) is 0 Å². The van der Waals surface area contributed by atoms with E-state index in [4.69, 9.17) is 23.2 Å². The molecule has 0 bridgehead atoms. The summed E-state index contributed by atoms with van der Waals surface area (Å²) in [5.74, 6) is -0.187. The van der Waals surface area contributed by atoms with E-state index in [0.29, 0.717) is 27.2 Å². The van der Waals surface area contributed by atoms with E-state index in [2.05, 4.69) is 26.2 Å². The summed E-state index contributed by atoms with van der Waals surface area (Å²) in [5.41, 5.74) is 1.55. The van der Waals surface area contributed by atoms with Crippen LogP contribution in [0.15, 0.2) is 53.1 Å². The van der Waals surface area contributed by atoms with Gasteiger partial charge in [0.15, 0.2) is 5.13 Å². The van der Waals surface area contributed by atoms with Crippen LogP contribution in [0.25, 0.3) is 0 Å². The Labute approximate surface area is 161 Å². The molecule has 0 saturated carbocycles. The predicted molar refractivity (Wildman–Crippen MR) is 103 cm³/mol. The molecular formula is C17H11BrCl2N2OS. The summed E-state index contributed by atoms with van der Waals surface area (Å²) in [6.07, 6.45) is 2.38. The van der Waals surface area contributed by atoms with Gasteiger partial charge in [-0.15, -0.1) is 11.3 Å². The van der Waals surface area contributed by atoms with Crippen LogP contribution in [-0.2, 0) is 6.42 Å². The van der Waals surface area contributed by atoms with Crippen LogP contribution in [0.2, 0.25) is 10.0 Å². The lowest BCUT2D eigenvalue weighted by atomic mass is 10.1. The Hall–Kier alpha value is -1.40. The zero-order valence-corrected chi connectivity index (χ0v) is 16.1. The first-order valence-electron chi connectivity index (χ1n) is 6.97. The Kier molecular flexibility index (Phi) is 5.56. The van der Waals surface area contributed by atoms with Crippen molar-refractivity contribution in [1.29, 1.82) is 0 Å². The fourth-order valence-corrected chi connectivity index (χ4v) is 3.64. The highest BCUT2D eigenvalue weighted by Crippen LogP contribution is 2.27. The van der Waals surface area contributed by atoms with E-state index in [1.54, 1.807) is 30.5 Å². The first-order valence-corrected chi connectivity index (χ1v) is 9.33. The van der Waals surface area contributed by atoms with Crippen molar-refractivity contribution in [3.8, 4) is 0 Å². The van der Waals surface area contributed by atoms with Gasteiger partial charge in [-0.3, -0.25) is 10.1 Å². The minimum Gasteiger partial charge on any atom is -0.298 e. The minimum absolute atomic E-state index is 0.187. The van der Waals surface area contributed by atoms with Crippen molar-refractivity contribution in [2.45, 2.75) is 6.42 Å². The van der Waals surface area contributed by atoms with Gasteiger partial charge in [0.05, 0.1) is 0 Å². The third-order valence-corrected chi connectivity index (χ3v) is 5.29. The Balaban J connectivity index is 1.69. The van der Waals surface area contributed by atoms with Crippen LogP contribution in [0.4, 0.5) is 5.13 Å². The number of nitrogens with one attached hydrogen (secondary N) is 1. The van der Waals surface area contributed by atoms with Crippen LogP contribution in [-0.4, -0.2) is 10.9 Å². The van der Waals surface area contributed by atoms with Crippen LogP contribution < -0.4 is 5.32 Å². The Morgan fingerprint density at radius 3 is 2.62 bits per heavy atom. The quantitative estimate of drug-likeness (QED) is 0.534. The molecule has 7 heteroatoms. The summed E-state index contributed by atoms with van der Waals surface area (Å²) < 4.78 is 0.926. The zero-order chi connectivity index (χ0) is 17.1. The summed E-state index contributed by atoms with van der Waals surface area (Å²) >= 11 is 16.9. The first kappa shape index (κ1) is 17.4. The standard InChI is InChI=1S/C17H11BrCl2N2OS/c18-12-4-1-10(2-5-12)16(23)22-17-21-9-14(24-17)7-11-3-6-13(19)8-15(11)20/h1-6,8-9H,7H2,(H,21,22,23). The number of anilines is 1. The maximum absolute atomic E-state index is 12.2. The summed E-state index contributed by atoms with van der Waals surface area (Å²) in [6, 6.07) is 12.6. The fourth-order valence-electron chi connectivity index (χ4n) is 2.07. The number of hydrogen-bond acceptors (Lipinski definition) is 3. The number of carbonyl (C=O) groups excluding carboxylic acids is 1. The largest absolute Gasteiger partial charge is 0.298 e. The molecule has 1 aromatic heterocycles. The summed E-state index contributed by atoms with van der Waals surface area (Å²) in [5, 5.41) is 4.59. The number of aromatic nitrogens is 1. The van der Waals surface area contributed by atoms with Gasteiger partial charge in [0.25, 0.3) is 5.91 Å². The molecule has 122 valence electrons. The number of benzene rings is 2. The highest BCUT2D eigenvalue weighted by atomic mass is 79.9. The lowest BCUT2D eigenvalue weighted by Crippen LogP contribution is -2.11. The molecule has 0 saturated heterocycles. The second-order valence-corrected chi connectivity index (χ2v) is 7.88. The number of thiazole rings is 1. The molecule has 0 aliphatic carbocycles. The van der Waals surface area contributed by atoms with E-state index in [1.165, 1.54) is 11.3 Å². The molecule has 0 radical (unpaired) electrons. The van der Waals surface area contributed by atoms with Crippen LogP contribution in [0.3, 0.4) is 0 Å².